The monoisotopic (exact) mass is 994 g/mol. The van der Waals surface area contributed by atoms with Gasteiger partial charge >= 0.3 is 0 Å². The Balaban J connectivity index is 0.914. The molecule has 17 rings (SSSR count). The lowest BCUT2D eigenvalue weighted by molar-refractivity contribution is 0.436. The molecule has 0 unspecified atom stereocenters. The number of hydrogen-bond donors (Lipinski definition) is 0. The van der Waals surface area contributed by atoms with Crippen molar-refractivity contribution in [3.05, 3.63) is 324 Å². The fourth-order valence-electron chi connectivity index (χ4n) is 14.2. The van der Waals surface area contributed by atoms with Crippen molar-refractivity contribution in [2.24, 2.45) is 0 Å². The lowest BCUT2D eigenvalue weighted by atomic mass is 9.66. The van der Waals surface area contributed by atoms with Crippen LogP contribution in [0.4, 0.5) is 17.1 Å². The lowest BCUT2D eigenvalue weighted by Crippen LogP contribution is -2.32. The molecule has 0 N–H and O–H groups in total. The molecule has 78 heavy (non-hydrogen) atoms. The van der Waals surface area contributed by atoms with Crippen LogP contribution in [0, 0.1) is 0 Å². The normalized spacial score (nSPS) is 14.1. The minimum atomic E-state index is -0.638. The average Bonchev–Trinajstić information content (AvgIpc) is 3.51. The number of para-hydroxylation sites is 6. The fourth-order valence-corrected chi connectivity index (χ4v) is 14.2. The summed E-state index contributed by atoms with van der Waals surface area (Å²) < 4.78 is 15.9. The van der Waals surface area contributed by atoms with Gasteiger partial charge in [0, 0.05) is 55.8 Å². The number of benzene rings is 12. The van der Waals surface area contributed by atoms with Gasteiger partial charge in [-0.05, 0) is 141 Å². The Morgan fingerprint density at radius 3 is 1.38 bits per heavy atom. The van der Waals surface area contributed by atoms with Gasteiger partial charge in [0.25, 0.3) is 0 Å². The van der Waals surface area contributed by atoms with Gasteiger partial charge in [0.2, 0.25) is 0 Å². The zero-order chi connectivity index (χ0) is 51.1. The molecule has 4 heteroatoms. The predicted molar refractivity (Wildman–Crippen MR) is 316 cm³/mol. The molecular formula is C74H46N2O2. The molecule has 0 amide bonds. The Hall–Kier alpha value is -10.2. The summed E-state index contributed by atoms with van der Waals surface area (Å²) in [5, 5.41) is 2.47. The molecule has 4 nitrogen and oxygen atoms in total. The van der Waals surface area contributed by atoms with Crippen LogP contribution in [0.25, 0.3) is 60.9 Å². The van der Waals surface area contributed by atoms with Gasteiger partial charge in [-0.25, -0.2) is 0 Å². The maximum atomic E-state index is 6.79. The number of anilines is 3. The van der Waals surface area contributed by atoms with E-state index in [0.717, 1.165) is 79.1 Å². The van der Waals surface area contributed by atoms with E-state index in [1.807, 2.05) is 0 Å². The van der Waals surface area contributed by atoms with E-state index in [0.29, 0.717) is 0 Å². The Bertz CT molecular complexity index is 4570. The van der Waals surface area contributed by atoms with Crippen LogP contribution < -0.4 is 14.4 Å². The Kier molecular flexibility index (Phi) is 8.94. The third-order valence-corrected chi connectivity index (χ3v) is 17.3. The van der Waals surface area contributed by atoms with Crippen LogP contribution in [0.2, 0.25) is 0 Å². The van der Waals surface area contributed by atoms with Crippen LogP contribution >= 0.6 is 0 Å². The topological polar surface area (TPSA) is 26.6 Å². The summed E-state index contributed by atoms with van der Waals surface area (Å²) in [5.41, 5.74) is 22.1. The Morgan fingerprint density at radius 1 is 0.269 bits per heavy atom. The van der Waals surface area contributed by atoms with Crippen molar-refractivity contribution in [3.8, 4) is 62.1 Å². The highest BCUT2D eigenvalue weighted by atomic mass is 16.5. The van der Waals surface area contributed by atoms with Gasteiger partial charge in [-0.1, -0.05) is 194 Å². The summed E-state index contributed by atoms with van der Waals surface area (Å²) in [4.78, 5) is 2.48. The third kappa shape index (κ3) is 5.73. The predicted octanol–water partition coefficient (Wildman–Crippen LogP) is 18.9. The van der Waals surface area contributed by atoms with Crippen LogP contribution in [0.5, 0.6) is 23.0 Å². The minimum Gasteiger partial charge on any atom is -0.457 e. The zero-order valence-corrected chi connectivity index (χ0v) is 42.3. The smallest absolute Gasteiger partial charge is 0.132 e. The first-order valence-electron chi connectivity index (χ1n) is 26.9. The summed E-state index contributed by atoms with van der Waals surface area (Å²) in [6, 6.07) is 102. The van der Waals surface area contributed by atoms with E-state index in [1.54, 1.807) is 0 Å². The van der Waals surface area contributed by atoms with E-state index in [1.165, 1.54) is 66.3 Å². The molecule has 364 valence electrons. The van der Waals surface area contributed by atoms with Gasteiger partial charge in [0.05, 0.1) is 21.9 Å². The highest BCUT2D eigenvalue weighted by Crippen LogP contribution is 2.65. The molecule has 0 fully saturated rings. The van der Waals surface area contributed by atoms with Crippen molar-refractivity contribution in [1.29, 1.82) is 0 Å². The molecule has 0 radical (unpaired) electrons. The molecule has 13 aromatic rings. The van der Waals surface area contributed by atoms with Crippen molar-refractivity contribution < 1.29 is 9.47 Å². The fraction of sp³-hybridized carbons (Fsp3) is 0.0270. The standard InChI is InChI=1S/C74H46N2O2/c1-2-20-49(21-3-1)76-67-32-13-6-25-56(67)57-40-37-48(44-68(57)76)47-19-18-22-50(43-47)75(51-39-42-61-58(45-51)54-24-5-8-27-60(54)73(61)62-28-9-14-33-69(62)77-70-34-15-10-29-63(70)73)52-38-41-55-53-23-4-7-26-59(53)74(66(55)46-52)64-30-11-16-35-71(64)78-72-36-17-12-31-65(72)74/h1-46H. The van der Waals surface area contributed by atoms with Crippen molar-refractivity contribution in [3.63, 3.8) is 0 Å². The van der Waals surface area contributed by atoms with Crippen LogP contribution in [-0.4, -0.2) is 4.57 Å². The molecule has 0 saturated heterocycles. The first-order chi connectivity index (χ1) is 38.7. The highest BCUT2D eigenvalue weighted by molar-refractivity contribution is 6.10. The molecule has 12 aromatic carbocycles. The van der Waals surface area contributed by atoms with E-state index in [2.05, 4.69) is 289 Å². The molecule has 2 aliphatic carbocycles. The van der Waals surface area contributed by atoms with Crippen LogP contribution in [0.3, 0.4) is 0 Å². The average molecular weight is 995 g/mol. The molecule has 3 heterocycles. The number of aromatic nitrogens is 1. The van der Waals surface area contributed by atoms with E-state index in [4.69, 9.17) is 9.47 Å². The molecule has 4 aliphatic rings. The third-order valence-electron chi connectivity index (χ3n) is 17.3. The van der Waals surface area contributed by atoms with E-state index in [9.17, 15) is 0 Å². The number of hydrogen-bond acceptors (Lipinski definition) is 3. The second-order valence-corrected chi connectivity index (χ2v) is 21.0. The molecule has 0 saturated carbocycles. The summed E-state index contributed by atoms with van der Waals surface area (Å²) in [7, 11) is 0. The van der Waals surface area contributed by atoms with Crippen molar-refractivity contribution in [1.82, 2.24) is 4.57 Å². The van der Waals surface area contributed by atoms with Gasteiger partial charge in [-0.3, -0.25) is 0 Å². The van der Waals surface area contributed by atoms with Crippen molar-refractivity contribution >= 4 is 38.9 Å². The van der Waals surface area contributed by atoms with E-state index < -0.39 is 10.8 Å². The van der Waals surface area contributed by atoms with Crippen LogP contribution in [0.15, 0.2) is 279 Å². The summed E-state index contributed by atoms with van der Waals surface area (Å²) in [6.07, 6.45) is 0. The molecule has 2 spiro atoms. The lowest BCUT2D eigenvalue weighted by Gasteiger charge is -2.40. The maximum absolute atomic E-state index is 6.79. The highest BCUT2D eigenvalue weighted by Gasteiger charge is 2.53. The number of rotatable bonds is 5. The molecule has 0 bridgehead atoms. The quantitative estimate of drug-likeness (QED) is 0.172. The van der Waals surface area contributed by atoms with Gasteiger partial charge in [0.15, 0.2) is 0 Å². The number of nitrogens with zero attached hydrogens (tertiary/aromatic N) is 2. The molecular weight excluding hydrogens is 949 g/mol. The molecule has 1 aromatic heterocycles. The van der Waals surface area contributed by atoms with E-state index in [-0.39, 0.29) is 0 Å². The van der Waals surface area contributed by atoms with Crippen molar-refractivity contribution in [2.75, 3.05) is 4.90 Å². The number of ether oxygens (including phenoxy) is 2. The Morgan fingerprint density at radius 2 is 0.731 bits per heavy atom. The molecule has 2 aliphatic heterocycles. The van der Waals surface area contributed by atoms with Crippen molar-refractivity contribution in [2.45, 2.75) is 10.8 Å². The zero-order valence-electron chi connectivity index (χ0n) is 42.3. The SMILES string of the molecule is c1ccc(-n2c3ccccc3c3ccc(-c4cccc(N(c5ccc6c(c5)-c5ccccc5C65c6ccccc6Oc6ccccc65)c5ccc6c(c5)C5(c7ccccc7Oc7ccccc75)c5ccccc5-6)c4)cc32)cc1. The maximum Gasteiger partial charge on any atom is 0.132 e. The van der Waals surface area contributed by atoms with Crippen LogP contribution in [-0.2, 0) is 10.8 Å². The van der Waals surface area contributed by atoms with Gasteiger partial charge in [-0.15, -0.1) is 0 Å². The van der Waals surface area contributed by atoms with Gasteiger partial charge < -0.3 is 18.9 Å². The second kappa shape index (κ2) is 16.2. The number of fused-ring (bicyclic) bond motifs is 21. The first-order valence-corrected chi connectivity index (χ1v) is 26.9. The molecule has 0 atom stereocenters. The van der Waals surface area contributed by atoms with Gasteiger partial charge in [0.1, 0.15) is 23.0 Å². The van der Waals surface area contributed by atoms with Crippen LogP contribution in [0.1, 0.15) is 44.5 Å². The summed E-state index contributed by atoms with van der Waals surface area (Å²) in [6.45, 7) is 0. The van der Waals surface area contributed by atoms with E-state index >= 15 is 0 Å². The second-order valence-electron chi connectivity index (χ2n) is 21.0. The van der Waals surface area contributed by atoms with Gasteiger partial charge in [-0.2, -0.15) is 0 Å². The minimum absolute atomic E-state index is 0.586. The Labute approximate surface area is 451 Å². The summed E-state index contributed by atoms with van der Waals surface area (Å²) in [5.74, 6) is 3.51. The largest absolute Gasteiger partial charge is 0.457 e. The first kappa shape index (κ1) is 43.1. The summed E-state index contributed by atoms with van der Waals surface area (Å²) >= 11 is 0.